The predicted octanol–water partition coefficient (Wildman–Crippen LogP) is 6.02. The van der Waals surface area contributed by atoms with Gasteiger partial charge in [-0.15, -0.1) is 11.3 Å². The second kappa shape index (κ2) is 9.28. The van der Waals surface area contributed by atoms with Gasteiger partial charge in [0.05, 0.1) is 11.5 Å². The number of halogens is 1. The predicted molar refractivity (Wildman–Crippen MR) is 121 cm³/mol. The number of amides is 1. The number of carbonyl (C=O) groups excluding carboxylic acids is 2. The van der Waals surface area contributed by atoms with Crippen LogP contribution < -0.4 is 5.32 Å². The summed E-state index contributed by atoms with van der Waals surface area (Å²) < 4.78 is 5.23. The van der Waals surface area contributed by atoms with Crippen molar-refractivity contribution in [1.29, 1.82) is 0 Å². The quantitative estimate of drug-likeness (QED) is 0.276. The zero-order valence-electron chi connectivity index (χ0n) is 17.0. The monoisotopic (exact) mass is 458 g/mol. The third-order valence-corrected chi connectivity index (χ3v) is 5.85. The number of rotatable bonds is 6. The highest BCUT2D eigenvalue weighted by molar-refractivity contribution is 7.17. The van der Waals surface area contributed by atoms with Crippen molar-refractivity contribution in [2.45, 2.75) is 20.8 Å². The summed E-state index contributed by atoms with van der Waals surface area (Å²) in [7, 11) is 0. The summed E-state index contributed by atoms with van der Waals surface area (Å²) in [5.74, 6) is -1.03. The van der Waals surface area contributed by atoms with E-state index in [1.165, 1.54) is 29.5 Å². The van der Waals surface area contributed by atoms with Crippen molar-refractivity contribution in [3.63, 3.8) is 0 Å². The second-order valence-corrected chi connectivity index (χ2v) is 8.34. The number of nitrogens with one attached hydrogen (secondary N) is 1. The summed E-state index contributed by atoms with van der Waals surface area (Å²) in [5.41, 5.74) is 2.24. The van der Waals surface area contributed by atoms with Gasteiger partial charge in [-0.25, -0.2) is 4.79 Å². The molecule has 0 saturated heterocycles. The summed E-state index contributed by atoms with van der Waals surface area (Å²) >= 11 is 7.24. The summed E-state index contributed by atoms with van der Waals surface area (Å²) in [5, 5.41) is 14.7. The molecule has 0 spiro atoms. The van der Waals surface area contributed by atoms with Crippen LogP contribution in [0.3, 0.4) is 0 Å². The van der Waals surface area contributed by atoms with Crippen LogP contribution in [0.2, 0.25) is 5.02 Å². The zero-order chi connectivity index (χ0) is 22.7. The van der Waals surface area contributed by atoms with Gasteiger partial charge in [0.15, 0.2) is 0 Å². The minimum absolute atomic E-state index is 0.0687. The van der Waals surface area contributed by atoms with Crippen molar-refractivity contribution in [1.82, 2.24) is 0 Å². The van der Waals surface area contributed by atoms with Gasteiger partial charge in [0, 0.05) is 32.7 Å². The maximum absolute atomic E-state index is 12.8. The highest BCUT2D eigenvalue weighted by atomic mass is 35.5. The Morgan fingerprint density at radius 2 is 1.84 bits per heavy atom. The molecule has 1 aromatic heterocycles. The molecule has 0 aliphatic carbocycles. The number of nitro groups is 1. The molecule has 2 aromatic carbocycles. The van der Waals surface area contributed by atoms with Crippen LogP contribution in [0.5, 0.6) is 0 Å². The number of ether oxygens (including phenoxy) is 1. The number of thiophene rings is 1. The van der Waals surface area contributed by atoms with Crippen LogP contribution in [0.4, 0.5) is 10.7 Å². The van der Waals surface area contributed by atoms with E-state index in [2.05, 4.69) is 5.32 Å². The Labute approximate surface area is 187 Å². The number of hydrogen-bond acceptors (Lipinski definition) is 6. The second-order valence-electron chi connectivity index (χ2n) is 6.68. The van der Waals surface area contributed by atoms with Crippen molar-refractivity contribution in [2.75, 3.05) is 11.9 Å². The van der Waals surface area contributed by atoms with Gasteiger partial charge in [-0.3, -0.25) is 14.9 Å². The molecular weight excluding hydrogens is 440 g/mol. The minimum Gasteiger partial charge on any atom is -0.462 e. The molecule has 0 saturated carbocycles. The molecule has 0 radical (unpaired) electrons. The number of carbonyl (C=O) groups is 2. The Kier molecular flexibility index (Phi) is 6.72. The fourth-order valence-electron chi connectivity index (χ4n) is 3.17. The molecular formula is C22H19ClN2O5S. The summed E-state index contributed by atoms with van der Waals surface area (Å²) in [6.07, 6.45) is 0. The van der Waals surface area contributed by atoms with Gasteiger partial charge in [0.1, 0.15) is 10.6 Å². The topological polar surface area (TPSA) is 98.5 Å². The van der Waals surface area contributed by atoms with Crippen LogP contribution >= 0.6 is 22.9 Å². The van der Waals surface area contributed by atoms with Crippen LogP contribution in [0.25, 0.3) is 11.1 Å². The summed E-state index contributed by atoms with van der Waals surface area (Å²) in [6.45, 7) is 5.30. The molecule has 31 heavy (non-hydrogen) atoms. The first-order chi connectivity index (χ1) is 14.7. The number of nitro benzene ring substituents is 1. The van der Waals surface area contributed by atoms with E-state index in [4.69, 9.17) is 16.3 Å². The number of benzene rings is 2. The third kappa shape index (κ3) is 4.76. The lowest BCUT2D eigenvalue weighted by atomic mass is 10.0. The van der Waals surface area contributed by atoms with Crippen molar-refractivity contribution in [2.24, 2.45) is 0 Å². The minimum atomic E-state index is -0.549. The van der Waals surface area contributed by atoms with Crippen LogP contribution in [0.15, 0.2) is 42.5 Å². The van der Waals surface area contributed by atoms with Crippen molar-refractivity contribution in [3.05, 3.63) is 79.2 Å². The molecule has 0 atom stereocenters. The lowest BCUT2D eigenvalue weighted by Crippen LogP contribution is -2.15. The molecule has 9 heteroatoms. The summed E-state index contributed by atoms with van der Waals surface area (Å²) in [4.78, 5) is 36.9. The molecule has 1 heterocycles. The SMILES string of the molecule is CCOC(=O)c1c(NC(=O)c2ccc([N+](=O)[O-])c(C)c2)sc(C)c1-c1ccc(Cl)cc1. The fourth-order valence-corrected chi connectivity index (χ4v) is 4.36. The molecule has 0 fully saturated rings. The number of nitrogens with zero attached hydrogens (tertiary/aromatic N) is 1. The molecule has 0 aliphatic heterocycles. The van der Waals surface area contributed by atoms with E-state index in [9.17, 15) is 19.7 Å². The van der Waals surface area contributed by atoms with Gasteiger partial charge in [0.2, 0.25) is 0 Å². The molecule has 0 aliphatic rings. The lowest BCUT2D eigenvalue weighted by Gasteiger charge is -2.10. The average Bonchev–Trinajstić information content (AvgIpc) is 3.04. The van der Waals surface area contributed by atoms with Crippen molar-refractivity contribution < 1.29 is 19.2 Å². The van der Waals surface area contributed by atoms with E-state index in [0.29, 0.717) is 21.2 Å². The number of aryl methyl sites for hydroxylation is 2. The van der Waals surface area contributed by atoms with Gasteiger partial charge >= 0.3 is 5.97 Å². The van der Waals surface area contributed by atoms with E-state index in [1.807, 2.05) is 6.92 Å². The molecule has 1 amide bonds. The molecule has 1 N–H and O–H groups in total. The zero-order valence-corrected chi connectivity index (χ0v) is 18.6. The van der Waals surface area contributed by atoms with E-state index in [0.717, 1.165) is 10.4 Å². The first-order valence-corrected chi connectivity index (χ1v) is 10.5. The molecule has 0 unspecified atom stereocenters. The van der Waals surface area contributed by atoms with Gasteiger partial charge in [0.25, 0.3) is 11.6 Å². The van der Waals surface area contributed by atoms with E-state index >= 15 is 0 Å². The largest absolute Gasteiger partial charge is 0.462 e. The van der Waals surface area contributed by atoms with Gasteiger partial charge in [-0.1, -0.05) is 23.7 Å². The molecule has 160 valence electrons. The van der Waals surface area contributed by atoms with Crippen molar-refractivity contribution >= 4 is 45.5 Å². The highest BCUT2D eigenvalue weighted by Gasteiger charge is 2.26. The fraction of sp³-hybridized carbons (Fsp3) is 0.182. The lowest BCUT2D eigenvalue weighted by molar-refractivity contribution is -0.385. The Morgan fingerprint density at radius 1 is 1.16 bits per heavy atom. The van der Waals surface area contributed by atoms with Crippen LogP contribution in [0.1, 0.15) is 38.1 Å². The average molecular weight is 459 g/mol. The maximum Gasteiger partial charge on any atom is 0.341 e. The van der Waals surface area contributed by atoms with Crippen molar-refractivity contribution in [3.8, 4) is 11.1 Å². The van der Waals surface area contributed by atoms with Gasteiger partial charge in [-0.2, -0.15) is 0 Å². The number of hydrogen-bond donors (Lipinski definition) is 1. The van der Waals surface area contributed by atoms with Gasteiger partial charge < -0.3 is 10.1 Å². The smallest absolute Gasteiger partial charge is 0.341 e. The Morgan fingerprint density at radius 3 is 2.42 bits per heavy atom. The Balaban J connectivity index is 2.02. The van der Waals surface area contributed by atoms with E-state index in [1.54, 1.807) is 38.1 Å². The highest BCUT2D eigenvalue weighted by Crippen LogP contribution is 2.41. The molecule has 7 nitrogen and oxygen atoms in total. The molecule has 0 bridgehead atoms. The molecule has 3 aromatic rings. The number of esters is 1. The van der Waals surface area contributed by atoms with Crippen LogP contribution in [-0.2, 0) is 4.74 Å². The van der Waals surface area contributed by atoms with Crippen LogP contribution in [-0.4, -0.2) is 23.4 Å². The summed E-state index contributed by atoms with van der Waals surface area (Å²) in [6, 6.07) is 11.1. The Hall–Kier alpha value is -3.23. The standard InChI is InChI=1S/C22H19ClN2O5S/c1-4-30-22(27)19-18(14-5-8-16(23)9-6-14)13(3)31-21(19)24-20(26)15-7-10-17(25(28)29)12(2)11-15/h5-11H,4H2,1-3H3,(H,24,26). The normalized spacial score (nSPS) is 10.6. The number of anilines is 1. The van der Waals surface area contributed by atoms with Crippen LogP contribution in [0, 0.1) is 24.0 Å². The Bertz CT molecular complexity index is 1170. The van der Waals surface area contributed by atoms with E-state index < -0.39 is 16.8 Å². The first kappa shape index (κ1) is 22.5. The molecule has 3 rings (SSSR count). The van der Waals surface area contributed by atoms with E-state index in [-0.39, 0.29) is 23.4 Å². The first-order valence-electron chi connectivity index (χ1n) is 9.35. The third-order valence-electron chi connectivity index (χ3n) is 4.58. The van der Waals surface area contributed by atoms with Gasteiger partial charge in [-0.05, 0) is 50.6 Å². The maximum atomic E-state index is 12.8.